The Labute approximate surface area is 166 Å². The van der Waals surface area contributed by atoms with Crippen LogP contribution in [0.25, 0.3) is 10.8 Å². The lowest BCUT2D eigenvalue weighted by Crippen LogP contribution is -2.48. The molecule has 0 aromatic heterocycles. The minimum Gasteiger partial charge on any atom is -0.478 e. The number of fused-ring (bicyclic) bond motifs is 1. The van der Waals surface area contributed by atoms with Crippen LogP contribution in [0.15, 0.2) is 36.4 Å². The predicted molar refractivity (Wildman–Crippen MR) is 111 cm³/mol. The van der Waals surface area contributed by atoms with E-state index in [0.29, 0.717) is 23.0 Å². The first kappa shape index (κ1) is 19.0. The normalized spacial score (nSPS) is 18.9. The van der Waals surface area contributed by atoms with Crippen molar-refractivity contribution in [3.63, 3.8) is 0 Å². The van der Waals surface area contributed by atoms with Crippen molar-refractivity contribution in [2.45, 2.75) is 76.3 Å². The quantitative estimate of drug-likeness (QED) is 0.747. The topological polar surface area (TPSA) is 57.6 Å². The van der Waals surface area contributed by atoms with Crippen molar-refractivity contribution in [2.24, 2.45) is 0 Å². The van der Waals surface area contributed by atoms with Gasteiger partial charge in [-0.2, -0.15) is 0 Å². The monoisotopic (exact) mass is 379 g/mol. The molecular formula is C24H29NO3. The first-order valence-electron chi connectivity index (χ1n) is 10.7. The van der Waals surface area contributed by atoms with Gasteiger partial charge in [0.15, 0.2) is 0 Å². The van der Waals surface area contributed by atoms with Crippen molar-refractivity contribution >= 4 is 22.6 Å². The number of carbonyl (C=O) groups is 2. The zero-order chi connectivity index (χ0) is 19.5. The van der Waals surface area contributed by atoms with Gasteiger partial charge in [-0.1, -0.05) is 62.8 Å². The molecule has 1 amide bonds. The molecule has 2 aromatic carbocycles. The maximum atomic E-state index is 13.8. The van der Waals surface area contributed by atoms with Crippen molar-refractivity contribution in [3.8, 4) is 0 Å². The summed E-state index contributed by atoms with van der Waals surface area (Å²) in [6.45, 7) is 0. The second kappa shape index (κ2) is 8.34. The van der Waals surface area contributed by atoms with Crippen molar-refractivity contribution in [2.75, 3.05) is 0 Å². The molecule has 148 valence electrons. The SMILES string of the molecule is O=C(O)c1cccc2c(C(=O)N(C3CCCCC3)C3CCCCC3)cccc12. The first-order chi connectivity index (χ1) is 13.7. The van der Waals surface area contributed by atoms with Crippen LogP contribution in [-0.4, -0.2) is 34.0 Å². The Morgan fingerprint density at radius 1 is 0.714 bits per heavy atom. The third kappa shape index (κ3) is 3.65. The number of benzene rings is 2. The summed E-state index contributed by atoms with van der Waals surface area (Å²) in [6.07, 6.45) is 11.7. The van der Waals surface area contributed by atoms with E-state index in [9.17, 15) is 14.7 Å². The van der Waals surface area contributed by atoms with Crippen LogP contribution >= 0.6 is 0 Å². The molecule has 0 aliphatic heterocycles. The van der Waals surface area contributed by atoms with Gasteiger partial charge in [0.1, 0.15) is 0 Å². The zero-order valence-electron chi connectivity index (χ0n) is 16.4. The van der Waals surface area contributed by atoms with Gasteiger partial charge in [0.25, 0.3) is 5.91 Å². The standard InChI is InChI=1S/C24H29NO3/c26-23(21-15-7-14-20-19(21)13-8-16-22(20)24(27)28)25(17-9-3-1-4-10-17)18-11-5-2-6-12-18/h7-8,13-18H,1-6,9-12H2,(H,27,28). The number of nitrogens with zero attached hydrogens (tertiary/aromatic N) is 1. The number of carbonyl (C=O) groups excluding carboxylic acids is 1. The summed E-state index contributed by atoms with van der Waals surface area (Å²) in [7, 11) is 0. The summed E-state index contributed by atoms with van der Waals surface area (Å²) < 4.78 is 0. The molecule has 0 bridgehead atoms. The Hall–Kier alpha value is -2.36. The fourth-order valence-corrected chi connectivity index (χ4v) is 5.17. The highest BCUT2D eigenvalue weighted by Crippen LogP contribution is 2.33. The second-order valence-corrected chi connectivity index (χ2v) is 8.31. The van der Waals surface area contributed by atoms with Gasteiger partial charge in [0.05, 0.1) is 5.56 Å². The largest absolute Gasteiger partial charge is 0.478 e. The van der Waals surface area contributed by atoms with Crippen molar-refractivity contribution in [3.05, 3.63) is 47.5 Å². The molecule has 0 unspecified atom stereocenters. The molecule has 2 saturated carbocycles. The molecule has 0 heterocycles. The van der Waals surface area contributed by atoms with Gasteiger partial charge in [-0.15, -0.1) is 0 Å². The minimum atomic E-state index is -0.952. The fraction of sp³-hybridized carbons (Fsp3) is 0.500. The van der Waals surface area contributed by atoms with E-state index in [0.717, 1.165) is 31.1 Å². The third-order valence-electron chi connectivity index (χ3n) is 6.55. The second-order valence-electron chi connectivity index (χ2n) is 8.31. The lowest BCUT2D eigenvalue weighted by atomic mass is 9.87. The molecule has 1 N–H and O–H groups in total. The Kier molecular flexibility index (Phi) is 5.65. The highest BCUT2D eigenvalue weighted by molar-refractivity contribution is 6.12. The van der Waals surface area contributed by atoms with Gasteiger partial charge < -0.3 is 10.0 Å². The molecule has 28 heavy (non-hydrogen) atoms. The highest BCUT2D eigenvalue weighted by atomic mass is 16.4. The lowest BCUT2D eigenvalue weighted by Gasteiger charge is -2.42. The van der Waals surface area contributed by atoms with Gasteiger partial charge in [0.2, 0.25) is 0 Å². The van der Waals surface area contributed by atoms with E-state index >= 15 is 0 Å². The summed E-state index contributed by atoms with van der Waals surface area (Å²) >= 11 is 0. The van der Waals surface area contributed by atoms with Crippen LogP contribution in [0.4, 0.5) is 0 Å². The molecule has 0 saturated heterocycles. The average molecular weight is 380 g/mol. The molecule has 0 atom stereocenters. The number of carboxylic acid groups (broad SMARTS) is 1. The van der Waals surface area contributed by atoms with Crippen LogP contribution < -0.4 is 0 Å². The summed E-state index contributed by atoms with van der Waals surface area (Å²) in [5.74, 6) is -0.862. The number of hydrogen-bond acceptors (Lipinski definition) is 2. The van der Waals surface area contributed by atoms with E-state index in [1.807, 2.05) is 18.2 Å². The van der Waals surface area contributed by atoms with Gasteiger partial charge >= 0.3 is 5.97 Å². The van der Waals surface area contributed by atoms with E-state index in [2.05, 4.69) is 4.90 Å². The summed E-state index contributed by atoms with van der Waals surface area (Å²) in [5.41, 5.74) is 0.908. The Balaban J connectivity index is 1.76. The van der Waals surface area contributed by atoms with E-state index < -0.39 is 5.97 Å². The van der Waals surface area contributed by atoms with E-state index in [1.165, 1.54) is 38.5 Å². The van der Waals surface area contributed by atoms with E-state index in [4.69, 9.17) is 0 Å². The summed E-state index contributed by atoms with van der Waals surface area (Å²) in [4.78, 5) is 27.6. The molecule has 2 aliphatic rings. The zero-order valence-corrected chi connectivity index (χ0v) is 16.4. The van der Waals surface area contributed by atoms with Crippen molar-refractivity contribution in [1.29, 1.82) is 0 Å². The number of hydrogen-bond donors (Lipinski definition) is 1. The number of amides is 1. The van der Waals surface area contributed by atoms with Crippen molar-refractivity contribution in [1.82, 2.24) is 4.90 Å². The number of rotatable bonds is 4. The average Bonchev–Trinajstić information content (AvgIpc) is 2.74. The molecule has 4 rings (SSSR count). The minimum absolute atomic E-state index is 0.0898. The van der Waals surface area contributed by atoms with Crippen LogP contribution in [0.5, 0.6) is 0 Å². The Bertz CT molecular complexity index is 845. The smallest absolute Gasteiger partial charge is 0.336 e. The molecule has 4 nitrogen and oxygen atoms in total. The third-order valence-corrected chi connectivity index (χ3v) is 6.55. The molecular weight excluding hydrogens is 350 g/mol. The highest BCUT2D eigenvalue weighted by Gasteiger charge is 2.33. The maximum Gasteiger partial charge on any atom is 0.336 e. The molecule has 2 aliphatic carbocycles. The first-order valence-corrected chi connectivity index (χ1v) is 10.7. The number of carboxylic acids is 1. The summed E-state index contributed by atoms with van der Waals surface area (Å²) in [5, 5.41) is 10.9. The van der Waals surface area contributed by atoms with Crippen LogP contribution in [0.2, 0.25) is 0 Å². The van der Waals surface area contributed by atoms with E-state index in [1.54, 1.807) is 18.2 Å². The van der Waals surface area contributed by atoms with Gasteiger partial charge in [-0.3, -0.25) is 4.79 Å². The van der Waals surface area contributed by atoms with Crippen molar-refractivity contribution < 1.29 is 14.7 Å². The maximum absolute atomic E-state index is 13.8. The predicted octanol–water partition coefficient (Wildman–Crippen LogP) is 5.65. The van der Waals surface area contributed by atoms with Gasteiger partial charge in [-0.05, 0) is 48.6 Å². The van der Waals surface area contributed by atoms with Crippen LogP contribution in [-0.2, 0) is 0 Å². The Morgan fingerprint density at radius 3 is 1.68 bits per heavy atom. The summed E-state index contributed by atoms with van der Waals surface area (Å²) in [6, 6.07) is 11.4. The van der Waals surface area contributed by atoms with Gasteiger partial charge in [0, 0.05) is 17.6 Å². The molecule has 0 spiro atoms. The Morgan fingerprint density at radius 2 is 1.18 bits per heavy atom. The van der Waals surface area contributed by atoms with Crippen LogP contribution in [0.3, 0.4) is 0 Å². The van der Waals surface area contributed by atoms with Crippen LogP contribution in [0.1, 0.15) is 84.9 Å². The van der Waals surface area contributed by atoms with Gasteiger partial charge in [-0.25, -0.2) is 4.79 Å². The van der Waals surface area contributed by atoms with E-state index in [-0.39, 0.29) is 11.5 Å². The molecule has 2 fully saturated rings. The molecule has 4 heteroatoms. The molecule has 2 aromatic rings. The number of aromatic carboxylic acids is 1. The lowest BCUT2D eigenvalue weighted by molar-refractivity contribution is 0.0450. The molecule has 0 radical (unpaired) electrons. The fourth-order valence-electron chi connectivity index (χ4n) is 5.17. The van der Waals surface area contributed by atoms with Crippen LogP contribution in [0, 0.1) is 0 Å².